The Morgan fingerprint density at radius 3 is 1.46 bits per heavy atom. The lowest BCUT2D eigenvalue weighted by Crippen LogP contribution is -2.05. The SMILES string of the molecule is O=C(/C=C/C(=O)OCc1cc(Br)cc(Br)c1O)OCc1cc(Br)cc(Br)c1O. The predicted molar refractivity (Wildman–Crippen MR) is 116 cm³/mol. The number of rotatable bonds is 6. The van der Waals surface area contributed by atoms with E-state index in [2.05, 4.69) is 63.7 Å². The van der Waals surface area contributed by atoms with Gasteiger partial charge in [-0.2, -0.15) is 0 Å². The summed E-state index contributed by atoms with van der Waals surface area (Å²) in [4.78, 5) is 23.5. The maximum Gasteiger partial charge on any atom is 0.331 e. The number of hydrogen-bond acceptors (Lipinski definition) is 6. The van der Waals surface area contributed by atoms with Gasteiger partial charge in [-0.1, -0.05) is 31.9 Å². The van der Waals surface area contributed by atoms with Crippen LogP contribution in [0.2, 0.25) is 0 Å². The van der Waals surface area contributed by atoms with Crippen LogP contribution < -0.4 is 0 Å². The minimum absolute atomic E-state index is 0.0422. The molecular formula is C18H12Br4O6. The molecule has 6 nitrogen and oxygen atoms in total. The van der Waals surface area contributed by atoms with Crippen molar-refractivity contribution in [2.45, 2.75) is 13.2 Å². The average molecular weight is 644 g/mol. The zero-order valence-electron chi connectivity index (χ0n) is 13.9. The van der Waals surface area contributed by atoms with Gasteiger partial charge >= 0.3 is 11.9 Å². The second kappa shape index (κ2) is 10.4. The second-order valence-electron chi connectivity index (χ2n) is 5.34. The molecule has 0 atom stereocenters. The normalized spacial score (nSPS) is 10.9. The standard InChI is InChI=1S/C18H12Br4O6/c19-11-3-9(17(25)13(21)5-11)7-27-15(23)1-2-16(24)28-8-10-4-12(20)6-14(22)18(10)26/h1-6,25-26H,7-8H2/b2-1+. The van der Waals surface area contributed by atoms with Gasteiger partial charge < -0.3 is 19.7 Å². The van der Waals surface area contributed by atoms with Crippen LogP contribution >= 0.6 is 63.7 Å². The van der Waals surface area contributed by atoms with Gasteiger partial charge in [-0.05, 0) is 56.1 Å². The molecule has 0 aromatic heterocycles. The Kier molecular flexibility index (Phi) is 8.54. The summed E-state index contributed by atoms with van der Waals surface area (Å²) in [6.07, 6.45) is 1.84. The Morgan fingerprint density at radius 2 is 1.11 bits per heavy atom. The predicted octanol–water partition coefficient (Wildman–Crippen LogP) is 5.49. The number of halogens is 4. The molecule has 0 aliphatic heterocycles. The van der Waals surface area contributed by atoms with E-state index in [0.717, 1.165) is 12.2 Å². The number of phenolic OH excluding ortho intramolecular Hbond substituents is 2. The van der Waals surface area contributed by atoms with Gasteiger partial charge in [0.1, 0.15) is 24.7 Å². The highest BCUT2D eigenvalue weighted by Gasteiger charge is 2.11. The van der Waals surface area contributed by atoms with Gasteiger partial charge in [0.25, 0.3) is 0 Å². The lowest BCUT2D eigenvalue weighted by Gasteiger charge is -2.08. The monoisotopic (exact) mass is 640 g/mol. The third-order valence-corrected chi connectivity index (χ3v) is 5.43. The van der Waals surface area contributed by atoms with Crippen molar-refractivity contribution in [3.63, 3.8) is 0 Å². The summed E-state index contributed by atoms with van der Waals surface area (Å²) in [5.74, 6) is -1.64. The first-order valence-electron chi connectivity index (χ1n) is 7.52. The van der Waals surface area contributed by atoms with Gasteiger partial charge in [-0.25, -0.2) is 9.59 Å². The minimum atomic E-state index is -0.777. The highest BCUT2D eigenvalue weighted by Crippen LogP contribution is 2.33. The number of ether oxygens (including phenoxy) is 2. The van der Waals surface area contributed by atoms with Gasteiger partial charge in [-0.15, -0.1) is 0 Å². The van der Waals surface area contributed by atoms with E-state index in [9.17, 15) is 19.8 Å². The van der Waals surface area contributed by atoms with Crippen molar-refractivity contribution < 1.29 is 29.3 Å². The maximum atomic E-state index is 11.7. The molecule has 0 fully saturated rings. The molecule has 2 rings (SSSR count). The van der Waals surface area contributed by atoms with E-state index in [4.69, 9.17) is 9.47 Å². The van der Waals surface area contributed by atoms with Crippen molar-refractivity contribution in [1.29, 1.82) is 0 Å². The van der Waals surface area contributed by atoms with E-state index in [0.29, 0.717) is 29.0 Å². The topological polar surface area (TPSA) is 93.1 Å². The fourth-order valence-electron chi connectivity index (χ4n) is 1.99. The van der Waals surface area contributed by atoms with Gasteiger partial charge in [0.15, 0.2) is 0 Å². The van der Waals surface area contributed by atoms with Crippen LogP contribution in [0.5, 0.6) is 11.5 Å². The van der Waals surface area contributed by atoms with Gasteiger partial charge in [0.2, 0.25) is 0 Å². The fourth-order valence-corrected chi connectivity index (χ4v) is 4.62. The molecule has 148 valence electrons. The van der Waals surface area contributed by atoms with E-state index in [-0.39, 0.29) is 24.7 Å². The molecule has 0 amide bonds. The molecule has 2 N–H and O–H groups in total. The molecule has 28 heavy (non-hydrogen) atoms. The van der Waals surface area contributed by atoms with Crippen LogP contribution in [-0.4, -0.2) is 22.2 Å². The van der Waals surface area contributed by atoms with E-state index < -0.39 is 11.9 Å². The van der Waals surface area contributed by atoms with E-state index >= 15 is 0 Å². The molecule has 0 bridgehead atoms. The summed E-state index contributed by atoms with van der Waals surface area (Å²) >= 11 is 12.9. The Morgan fingerprint density at radius 1 is 0.750 bits per heavy atom. The molecule has 0 spiro atoms. The number of esters is 2. The molecule has 0 saturated heterocycles. The zero-order valence-corrected chi connectivity index (χ0v) is 20.3. The molecule has 0 heterocycles. The molecule has 2 aromatic carbocycles. The summed E-state index contributed by atoms with van der Waals surface area (Å²) < 4.78 is 12.3. The van der Waals surface area contributed by atoms with Gasteiger partial charge in [0, 0.05) is 32.2 Å². The van der Waals surface area contributed by atoms with Crippen molar-refractivity contribution in [2.24, 2.45) is 0 Å². The Hall–Kier alpha value is -1.36. The minimum Gasteiger partial charge on any atom is -0.506 e. The van der Waals surface area contributed by atoms with Crippen molar-refractivity contribution in [2.75, 3.05) is 0 Å². The number of aromatic hydroxyl groups is 2. The van der Waals surface area contributed by atoms with Crippen LogP contribution in [0.15, 0.2) is 54.3 Å². The highest BCUT2D eigenvalue weighted by atomic mass is 79.9. The van der Waals surface area contributed by atoms with Crippen LogP contribution in [0, 0.1) is 0 Å². The maximum absolute atomic E-state index is 11.7. The summed E-state index contributed by atoms with van der Waals surface area (Å²) in [7, 11) is 0. The second-order valence-corrected chi connectivity index (χ2v) is 8.88. The third kappa shape index (κ3) is 6.61. The Balaban J connectivity index is 1.88. The molecule has 0 radical (unpaired) electrons. The molecular weight excluding hydrogens is 632 g/mol. The molecule has 2 aromatic rings. The zero-order chi connectivity index (χ0) is 20.8. The summed E-state index contributed by atoms with van der Waals surface area (Å²) in [6, 6.07) is 6.51. The van der Waals surface area contributed by atoms with Gasteiger partial charge in [0.05, 0.1) is 8.95 Å². The summed E-state index contributed by atoms with van der Waals surface area (Å²) in [5, 5.41) is 19.8. The summed E-state index contributed by atoms with van der Waals surface area (Å²) in [5.41, 5.74) is 0.780. The molecule has 0 saturated carbocycles. The Labute approximate surface area is 194 Å². The first-order chi connectivity index (χ1) is 13.2. The van der Waals surface area contributed by atoms with Crippen molar-refractivity contribution in [3.05, 3.63) is 65.4 Å². The number of benzene rings is 2. The third-order valence-electron chi connectivity index (χ3n) is 3.31. The number of carbonyl (C=O) groups is 2. The first-order valence-corrected chi connectivity index (χ1v) is 10.7. The average Bonchev–Trinajstić information content (AvgIpc) is 2.63. The fraction of sp³-hybridized carbons (Fsp3) is 0.111. The number of phenols is 2. The van der Waals surface area contributed by atoms with E-state index in [1.54, 1.807) is 24.3 Å². The van der Waals surface area contributed by atoms with Crippen LogP contribution in [0.25, 0.3) is 0 Å². The van der Waals surface area contributed by atoms with Crippen molar-refractivity contribution in [1.82, 2.24) is 0 Å². The lowest BCUT2D eigenvalue weighted by molar-refractivity contribution is -0.141. The highest BCUT2D eigenvalue weighted by molar-refractivity contribution is 9.11. The largest absolute Gasteiger partial charge is 0.506 e. The number of carbonyl (C=O) groups excluding carboxylic acids is 2. The molecule has 0 aliphatic rings. The Bertz CT molecular complexity index is 867. The quantitative estimate of drug-likeness (QED) is 0.320. The summed E-state index contributed by atoms with van der Waals surface area (Å²) in [6.45, 7) is -0.357. The van der Waals surface area contributed by atoms with Crippen molar-refractivity contribution in [3.8, 4) is 11.5 Å². The number of hydrogen-bond donors (Lipinski definition) is 2. The lowest BCUT2D eigenvalue weighted by atomic mass is 10.2. The molecule has 0 unspecified atom stereocenters. The smallest absolute Gasteiger partial charge is 0.331 e. The van der Waals surface area contributed by atoms with Crippen LogP contribution in [0.4, 0.5) is 0 Å². The van der Waals surface area contributed by atoms with E-state index in [1.165, 1.54) is 0 Å². The molecule has 10 heteroatoms. The van der Waals surface area contributed by atoms with Crippen LogP contribution in [0.3, 0.4) is 0 Å². The van der Waals surface area contributed by atoms with Gasteiger partial charge in [-0.3, -0.25) is 0 Å². The van der Waals surface area contributed by atoms with Crippen LogP contribution in [-0.2, 0) is 32.3 Å². The van der Waals surface area contributed by atoms with E-state index in [1.807, 2.05) is 0 Å². The van der Waals surface area contributed by atoms with Crippen molar-refractivity contribution >= 4 is 75.7 Å². The first kappa shape index (κ1) is 22.9. The molecule has 0 aliphatic carbocycles. The van der Waals surface area contributed by atoms with Crippen LogP contribution in [0.1, 0.15) is 11.1 Å².